The van der Waals surface area contributed by atoms with Gasteiger partial charge in [0.15, 0.2) is 5.78 Å². The Morgan fingerprint density at radius 3 is 2.69 bits per heavy atom. The van der Waals surface area contributed by atoms with Gasteiger partial charge in [-0.1, -0.05) is 12.1 Å². The van der Waals surface area contributed by atoms with Crippen molar-refractivity contribution in [2.24, 2.45) is 5.73 Å². The monoisotopic (exact) mass is 349 g/mol. The average Bonchev–Trinajstić information content (AvgIpc) is 3.01. The number of carbonyl (C=O) groups excluding carboxylic acids is 2. The number of Topliss-reactive ketones (excluding diaryl/α,β-unsaturated/α-hetero) is 1. The summed E-state index contributed by atoms with van der Waals surface area (Å²) >= 11 is 0. The van der Waals surface area contributed by atoms with Crippen molar-refractivity contribution in [3.63, 3.8) is 0 Å². The summed E-state index contributed by atoms with van der Waals surface area (Å²) in [6, 6.07) is 7.30. The van der Waals surface area contributed by atoms with Crippen molar-refractivity contribution in [2.45, 2.75) is 20.0 Å². The fraction of sp³-hybridized carbons (Fsp3) is 0.150. The Bertz CT molecular complexity index is 1030. The second-order valence-corrected chi connectivity index (χ2v) is 6.13. The van der Waals surface area contributed by atoms with E-state index in [1.165, 1.54) is 13.0 Å². The summed E-state index contributed by atoms with van der Waals surface area (Å²) in [6.07, 6.45) is 5.66. The number of nitrogens with one attached hydrogen (secondary N) is 1. The van der Waals surface area contributed by atoms with Crippen molar-refractivity contribution in [1.82, 2.24) is 9.97 Å². The van der Waals surface area contributed by atoms with Crippen molar-refractivity contribution in [1.29, 1.82) is 0 Å². The molecular formula is C20H19N3O3. The Kier molecular flexibility index (Phi) is 4.69. The van der Waals surface area contributed by atoms with Crippen LogP contribution in [0.2, 0.25) is 0 Å². The number of amides is 1. The molecule has 132 valence electrons. The average molecular weight is 349 g/mol. The van der Waals surface area contributed by atoms with Gasteiger partial charge in [-0.05, 0) is 43.2 Å². The second kappa shape index (κ2) is 6.93. The van der Waals surface area contributed by atoms with Crippen LogP contribution in [0.5, 0.6) is 0 Å². The molecule has 2 aromatic heterocycles. The summed E-state index contributed by atoms with van der Waals surface area (Å²) < 4.78 is 0. The largest absolute Gasteiger partial charge is 0.389 e. The van der Waals surface area contributed by atoms with Gasteiger partial charge >= 0.3 is 0 Å². The number of hydrogen-bond acceptors (Lipinski definition) is 4. The molecule has 0 saturated heterocycles. The molecular weight excluding hydrogens is 330 g/mol. The van der Waals surface area contributed by atoms with E-state index in [4.69, 9.17) is 5.73 Å². The maximum absolute atomic E-state index is 11.9. The molecule has 1 amide bonds. The minimum atomic E-state index is -0.723. The highest BCUT2D eigenvalue weighted by Crippen LogP contribution is 2.29. The first-order valence-electron chi connectivity index (χ1n) is 8.15. The van der Waals surface area contributed by atoms with Gasteiger partial charge in [0, 0.05) is 40.5 Å². The first-order valence-corrected chi connectivity index (χ1v) is 8.15. The van der Waals surface area contributed by atoms with Crippen LogP contribution >= 0.6 is 0 Å². The molecule has 6 heteroatoms. The number of aliphatic hydroxyl groups excluding tert-OH is 1. The van der Waals surface area contributed by atoms with Gasteiger partial charge in [0.05, 0.1) is 6.10 Å². The molecule has 0 aliphatic rings. The van der Waals surface area contributed by atoms with Gasteiger partial charge in [-0.2, -0.15) is 0 Å². The topological polar surface area (TPSA) is 109 Å². The zero-order valence-corrected chi connectivity index (χ0v) is 14.5. The standard InChI is InChI=1S/C20H19N3O3/c1-11(24)16-5-3-13(7-17(16)12(2)25)15-8-18-14(4-6-19(21)26)9-22-20(18)23-10-15/h3-11,24H,1-2H3,(H2,21,26)(H,22,23)/t11-/m1/s1. The van der Waals surface area contributed by atoms with Crippen LogP contribution in [0.25, 0.3) is 28.2 Å². The lowest BCUT2D eigenvalue weighted by atomic mass is 9.95. The molecule has 2 heterocycles. The van der Waals surface area contributed by atoms with E-state index in [0.717, 1.165) is 22.1 Å². The molecule has 0 aliphatic heterocycles. The van der Waals surface area contributed by atoms with E-state index in [-0.39, 0.29) is 5.78 Å². The van der Waals surface area contributed by atoms with Crippen molar-refractivity contribution in [2.75, 3.05) is 0 Å². The van der Waals surface area contributed by atoms with Gasteiger partial charge < -0.3 is 15.8 Å². The van der Waals surface area contributed by atoms with E-state index in [0.29, 0.717) is 16.8 Å². The number of nitrogens with zero attached hydrogens (tertiary/aromatic N) is 1. The van der Waals surface area contributed by atoms with Gasteiger partial charge in [-0.15, -0.1) is 0 Å². The van der Waals surface area contributed by atoms with E-state index in [2.05, 4.69) is 9.97 Å². The van der Waals surface area contributed by atoms with E-state index in [1.54, 1.807) is 37.5 Å². The Balaban J connectivity index is 2.10. The van der Waals surface area contributed by atoms with Crippen LogP contribution in [-0.2, 0) is 4.79 Å². The predicted molar refractivity (Wildman–Crippen MR) is 100 cm³/mol. The fourth-order valence-electron chi connectivity index (χ4n) is 2.90. The molecule has 0 aliphatic carbocycles. The maximum atomic E-state index is 11.9. The van der Waals surface area contributed by atoms with E-state index in [1.807, 2.05) is 12.1 Å². The molecule has 0 unspecified atom stereocenters. The lowest BCUT2D eigenvalue weighted by Gasteiger charge is -2.12. The van der Waals surface area contributed by atoms with E-state index >= 15 is 0 Å². The first kappa shape index (κ1) is 17.6. The number of benzene rings is 1. The van der Waals surface area contributed by atoms with Gasteiger partial charge in [0.25, 0.3) is 0 Å². The molecule has 0 bridgehead atoms. The lowest BCUT2D eigenvalue weighted by molar-refractivity contribution is -0.113. The van der Waals surface area contributed by atoms with Crippen LogP contribution in [0.15, 0.2) is 42.7 Å². The molecule has 4 N–H and O–H groups in total. The number of nitrogens with two attached hydrogens (primary N) is 1. The van der Waals surface area contributed by atoms with Gasteiger partial charge in [-0.25, -0.2) is 4.98 Å². The van der Waals surface area contributed by atoms with Crippen LogP contribution < -0.4 is 5.73 Å². The zero-order valence-electron chi connectivity index (χ0n) is 14.5. The number of aliphatic hydroxyl groups is 1. The minimum Gasteiger partial charge on any atom is -0.389 e. The van der Waals surface area contributed by atoms with Crippen LogP contribution in [-0.4, -0.2) is 26.8 Å². The number of hydrogen-bond donors (Lipinski definition) is 3. The van der Waals surface area contributed by atoms with Gasteiger partial charge in [0.1, 0.15) is 5.65 Å². The fourth-order valence-corrected chi connectivity index (χ4v) is 2.90. The number of aromatic nitrogens is 2. The highest BCUT2D eigenvalue weighted by Gasteiger charge is 2.14. The smallest absolute Gasteiger partial charge is 0.241 e. The van der Waals surface area contributed by atoms with Gasteiger partial charge in [0.2, 0.25) is 5.91 Å². The number of aromatic amines is 1. The first-order chi connectivity index (χ1) is 12.4. The highest BCUT2D eigenvalue weighted by molar-refractivity contribution is 5.98. The summed E-state index contributed by atoms with van der Waals surface area (Å²) in [4.78, 5) is 30.3. The molecule has 0 radical (unpaired) electrons. The Morgan fingerprint density at radius 2 is 2.04 bits per heavy atom. The minimum absolute atomic E-state index is 0.108. The molecule has 0 fully saturated rings. The van der Waals surface area contributed by atoms with Crippen LogP contribution in [0, 0.1) is 0 Å². The summed E-state index contributed by atoms with van der Waals surface area (Å²) in [6.45, 7) is 3.11. The van der Waals surface area contributed by atoms with Crippen molar-refractivity contribution in [3.05, 3.63) is 59.4 Å². The third-order valence-electron chi connectivity index (χ3n) is 4.21. The molecule has 6 nitrogen and oxygen atoms in total. The van der Waals surface area contributed by atoms with Crippen LogP contribution in [0.4, 0.5) is 0 Å². The summed E-state index contributed by atoms with van der Waals surface area (Å²) in [7, 11) is 0. The Morgan fingerprint density at radius 1 is 1.27 bits per heavy atom. The number of pyridine rings is 1. The van der Waals surface area contributed by atoms with E-state index < -0.39 is 12.0 Å². The summed E-state index contributed by atoms with van der Waals surface area (Å²) in [5.74, 6) is -0.633. The third kappa shape index (κ3) is 3.41. The zero-order chi connectivity index (χ0) is 18.8. The highest BCUT2D eigenvalue weighted by atomic mass is 16.3. The number of fused-ring (bicyclic) bond motifs is 1. The second-order valence-electron chi connectivity index (χ2n) is 6.13. The van der Waals surface area contributed by atoms with Crippen LogP contribution in [0.1, 0.15) is 41.4 Å². The van der Waals surface area contributed by atoms with Gasteiger partial charge in [-0.3, -0.25) is 9.59 Å². The number of primary amides is 1. The molecule has 0 saturated carbocycles. The summed E-state index contributed by atoms with van der Waals surface area (Å²) in [5.41, 5.74) is 9.36. The van der Waals surface area contributed by atoms with Crippen molar-refractivity contribution >= 4 is 28.8 Å². The van der Waals surface area contributed by atoms with Crippen LogP contribution in [0.3, 0.4) is 0 Å². The Labute approximate surface area is 150 Å². The predicted octanol–water partition coefficient (Wildman–Crippen LogP) is 2.98. The van der Waals surface area contributed by atoms with Crippen molar-refractivity contribution in [3.8, 4) is 11.1 Å². The molecule has 26 heavy (non-hydrogen) atoms. The molecule has 0 spiro atoms. The maximum Gasteiger partial charge on any atom is 0.241 e. The SMILES string of the molecule is CC(=O)c1cc(-c2cnc3[nH]cc(C=CC(N)=O)c3c2)ccc1[C@@H](C)O. The normalized spacial score (nSPS) is 12.6. The quantitative estimate of drug-likeness (QED) is 0.486. The molecule has 1 atom stereocenters. The number of H-pyrrole nitrogens is 1. The molecule has 3 aromatic rings. The van der Waals surface area contributed by atoms with E-state index in [9.17, 15) is 14.7 Å². The third-order valence-corrected chi connectivity index (χ3v) is 4.21. The molecule has 3 rings (SSSR count). The molecule has 1 aromatic carbocycles. The Hall–Kier alpha value is -3.25. The number of ketones is 1. The summed E-state index contributed by atoms with van der Waals surface area (Å²) in [5, 5.41) is 10.7. The van der Waals surface area contributed by atoms with Crippen molar-refractivity contribution < 1.29 is 14.7 Å². The number of carbonyl (C=O) groups is 2. The number of rotatable bonds is 5. The lowest BCUT2D eigenvalue weighted by Crippen LogP contribution is -2.04.